The average molecular weight is 430 g/mol. The van der Waals surface area contributed by atoms with Crippen LogP contribution in [0, 0.1) is 10.1 Å². The van der Waals surface area contributed by atoms with Gasteiger partial charge in [0.15, 0.2) is 5.11 Å². The maximum atomic E-state index is 12.1. The lowest BCUT2D eigenvalue weighted by Gasteiger charge is -2.12. The second-order valence-electron chi connectivity index (χ2n) is 4.46. The molecule has 0 saturated carbocycles. The summed E-state index contributed by atoms with van der Waals surface area (Å²) in [6, 6.07) is 10.6. The predicted octanol–water partition coefficient (Wildman–Crippen LogP) is 3.64. The second kappa shape index (κ2) is 8.04. The maximum absolute atomic E-state index is 12.1. The molecule has 2 rings (SSSR count). The molecule has 0 radical (unpaired) electrons. The number of anilines is 1. The zero-order valence-electron chi connectivity index (χ0n) is 11.9. The molecule has 0 atom stereocenters. The Kier molecular flexibility index (Phi) is 6.07. The highest BCUT2D eigenvalue weighted by Crippen LogP contribution is 2.20. The number of carbonyl (C=O) groups excluding carboxylic acids is 1. The van der Waals surface area contributed by atoms with E-state index < -0.39 is 10.8 Å². The second-order valence-corrected chi connectivity index (χ2v) is 6.19. The fraction of sp³-hybridized carbons (Fsp3) is 0. The quantitative estimate of drug-likeness (QED) is 0.390. The van der Waals surface area contributed by atoms with Crippen molar-refractivity contribution >= 4 is 62.1 Å². The summed E-state index contributed by atoms with van der Waals surface area (Å²) >= 11 is 14.2. The van der Waals surface area contributed by atoms with Gasteiger partial charge in [0.2, 0.25) is 0 Å². The minimum absolute atomic E-state index is 0.0226. The van der Waals surface area contributed by atoms with Gasteiger partial charge >= 0.3 is 0 Å². The normalized spacial score (nSPS) is 9.92. The molecular formula is C14H10BrClN4O3S. The van der Waals surface area contributed by atoms with E-state index in [4.69, 9.17) is 23.8 Å². The first-order valence-electron chi connectivity index (χ1n) is 6.43. The number of nitro groups is 1. The largest absolute Gasteiger partial charge is 0.299 e. The van der Waals surface area contributed by atoms with Crippen molar-refractivity contribution in [3.05, 3.63) is 67.6 Å². The molecule has 0 heterocycles. The van der Waals surface area contributed by atoms with Crippen LogP contribution in [0.15, 0.2) is 46.9 Å². The van der Waals surface area contributed by atoms with Crippen molar-refractivity contribution in [2.24, 2.45) is 0 Å². The maximum Gasteiger partial charge on any atom is 0.269 e. The third-order valence-corrected chi connectivity index (χ3v) is 3.83. The van der Waals surface area contributed by atoms with Gasteiger partial charge in [-0.15, -0.1) is 0 Å². The summed E-state index contributed by atoms with van der Waals surface area (Å²) in [6.07, 6.45) is 0. The summed E-state index contributed by atoms with van der Waals surface area (Å²) < 4.78 is 0.708. The van der Waals surface area contributed by atoms with Crippen LogP contribution in [-0.4, -0.2) is 15.9 Å². The topological polar surface area (TPSA) is 96.3 Å². The van der Waals surface area contributed by atoms with Crippen molar-refractivity contribution in [2.75, 3.05) is 5.43 Å². The zero-order valence-corrected chi connectivity index (χ0v) is 15.0. The Balaban J connectivity index is 1.92. The Hall–Kier alpha value is -2.23. The standard InChI is InChI=1S/C14H10BrClN4O3S/c15-8-1-6-12(16)11(7-8)13(21)17-14(24)19-18-9-2-4-10(5-3-9)20(22)23/h1-7,18H,(H2,17,19,21,24). The number of nitro benzene ring substituents is 1. The number of halogens is 2. The fourth-order valence-electron chi connectivity index (χ4n) is 1.67. The van der Waals surface area contributed by atoms with E-state index in [-0.39, 0.29) is 16.4 Å². The molecule has 0 saturated heterocycles. The van der Waals surface area contributed by atoms with E-state index in [9.17, 15) is 14.9 Å². The molecule has 0 aromatic heterocycles. The van der Waals surface area contributed by atoms with Gasteiger partial charge in [-0.3, -0.25) is 31.1 Å². The summed E-state index contributed by atoms with van der Waals surface area (Å²) in [6.45, 7) is 0. The minimum Gasteiger partial charge on any atom is -0.299 e. The molecule has 2 aromatic carbocycles. The lowest BCUT2D eigenvalue weighted by molar-refractivity contribution is -0.384. The van der Waals surface area contributed by atoms with Gasteiger partial charge in [-0.2, -0.15) is 0 Å². The Bertz CT molecular complexity index is 801. The highest BCUT2D eigenvalue weighted by atomic mass is 79.9. The number of non-ortho nitro benzene ring substituents is 1. The summed E-state index contributed by atoms with van der Waals surface area (Å²) in [4.78, 5) is 22.2. The van der Waals surface area contributed by atoms with Gasteiger partial charge in [0, 0.05) is 16.6 Å². The lowest BCUT2D eigenvalue weighted by Crippen LogP contribution is -2.42. The van der Waals surface area contributed by atoms with Crippen LogP contribution >= 0.6 is 39.7 Å². The third-order valence-electron chi connectivity index (χ3n) is 2.80. The van der Waals surface area contributed by atoms with E-state index in [1.54, 1.807) is 18.2 Å². The van der Waals surface area contributed by atoms with Crippen molar-refractivity contribution in [1.82, 2.24) is 10.7 Å². The molecule has 0 aliphatic heterocycles. The first-order valence-corrected chi connectivity index (χ1v) is 8.01. The molecule has 0 aliphatic carbocycles. The highest BCUT2D eigenvalue weighted by molar-refractivity contribution is 9.10. The predicted molar refractivity (Wildman–Crippen MR) is 99.1 cm³/mol. The van der Waals surface area contributed by atoms with Gasteiger partial charge in [0.05, 0.1) is 21.2 Å². The number of nitrogens with one attached hydrogen (secondary N) is 3. The Labute approximate surface area is 155 Å². The van der Waals surface area contributed by atoms with E-state index >= 15 is 0 Å². The van der Waals surface area contributed by atoms with Crippen molar-refractivity contribution in [1.29, 1.82) is 0 Å². The number of hydrogen-bond acceptors (Lipinski definition) is 5. The zero-order chi connectivity index (χ0) is 17.7. The molecule has 0 bridgehead atoms. The van der Waals surface area contributed by atoms with Gasteiger partial charge in [0.1, 0.15) is 0 Å². The Morgan fingerprint density at radius 3 is 2.50 bits per heavy atom. The number of hydrazine groups is 1. The van der Waals surface area contributed by atoms with Crippen molar-refractivity contribution in [3.63, 3.8) is 0 Å². The van der Waals surface area contributed by atoms with Crippen molar-refractivity contribution in [3.8, 4) is 0 Å². The van der Waals surface area contributed by atoms with Crippen molar-refractivity contribution < 1.29 is 9.72 Å². The van der Waals surface area contributed by atoms with E-state index in [2.05, 4.69) is 32.1 Å². The Morgan fingerprint density at radius 2 is 1.88 bits per heavy atom. The number of nitrogens with zero attached hydrogens (tertiary/aromatic N) is 1. The average Bonchev–Trinajstić information content (AvgIpc) is 2.55. The number of rotatable bonds is 4. The summed E-state index contributed by atoms with van der Waals surface area (Å²) in [5, 5.41) is 13.4. The van der Waals surface area contributed by atoms with Gasteiger partial charge < -0.3 is 0 Å². The molecule has 7 nitrogen and oxygen atoms in total. The van der Waals surface area contributed by atoms with E-state index in [1.165, 1.54) is 24.3 Å². The van der Waals surface area contributed by atoms with Crippen LogP contribution in [0.1, 0.15) is 10.4 Å². The SMILES string of the molecule is O=C(NC(=S)NNc1ccc([N+](=O)[O-])cc1)c1cc(Br)ccc1Cl. The van der Waals surface area contributed by atoms with Gasteiger partial charge in [-0.1, -0.05) is 27.5 Å². The van der Waals surface area contributed by atoms with Gasteiger partial charge in [-0.25, -0.2) is 0 Å². The van der Waals surface area contributed by atoms with Gasteiger partial charge in [-0.05, 0) is 42.5 Å². The molecule has 0 spiro atoms. The number of hydrogen-bond donors (Lipinski definition) is 3. The van der Waals surface area contributed by atoms with E-state index in [1.807, 2.05) is 0 Å². The first kappa shape index (κ1) is 18.1. The number of benzene rings is 2. The molecule has 0 fully saturated rings. The minimum atomic E-state index is -0.496. The molecule has 0 unspecified atom stereocenters. The van der Waals surface area contributed by atoms with Crippen LogP contribution < -0.4 is 16.2 Å². The van der Waals surface area contributed by atoms with Crippen molar-refractivity contribution in [2.45, 2.75) is 0 Å². The van der Waals surface area contributed by atoms with Crippen LogP contribution in [0.4, 0.5) is 11.4 Å². The van der Waals surface area contributed by atoms with Crippen LogP contribution in [0.3, 0.4) is 0 Å². The van der Waals surface area contributed by atoms with Crippen LogP contribution in [0.2, 0.25) is 5.02 Å². The molecule has 1 amide bonds. The number of carbonyl (C=O) groups is 1. The summed E-state index contributed by atoms with van der Waals surface area (Å²) in [5.74, 6) is -0.468. The Morgan fingerprint density at radius 1 is 1.21 bits per heavy atom. The number of thiocarbonyl (C=S) groups is 1. The third kappa shape index (κ3) is 4.88. The molecule has 10 heteroatoms. The molecule has 0 aliphatic rings. The number of amides is 1. The van der Waals surface area contributed by atoms with E-state index in [0.717, 1.165) is 0 Å². The van der Waals surface area contributed by atoms with E-state index in [0.29, 0.717) is 15.2 Å². The highest BCUT2D eigenvalue weighted by Gasteiger charge is 2.12. The first-order chi connectivity index (χ1) is 11.4. The molecule has 124 valence electrons. The smallest absolute Gasteiger partial charge is 0.269 e. The van der Waals surface area contributed by atoms with Crippen LogP contribution in [0.5, 0.6) is 0 Å². The molecule has 2 aromatic rings. The van der Waals surface area contributed by atoms with Crippen LogP contribution in [0.25, 0.3) is 0 Å². The molecule has 3 N–H and O–H groups in total. The van der Waals surface area contributed by atoms with Gasteiger partial charge in [0.25, 0.3) is 11.6 Å². The summed E-state index contributed by atoms with van der Waals surface area (Å²) in [7, 11) is 0. The molecular weight excluding hydrogens is 420 g/mol. The fourth-order valence-corrected chi connectivity index (χ4v) is 2.38. The molecule has 24 heavy (non-hydrogen) atoms. The van der Waals surface area contributed by atoms with Crippen LogP contribution in [-0.2, 0) is 0 Å². The monoisotopic (exact) mass is 428 g/mol. The summed E-state index contributed by atoms with van der Waals surface area (Å²) in [5.41, 5.74) is 6.11. The lowest BCUT2D eigenvalue weighted by atomic mass is 10.2.